The molecule has 1 atom stereocenters. The van der Waals surface area contributed by atoms with E-state index in [9.17, 15) is 4.79 Å². The number of nitrogens with one attached hydrogen (secondary N) is 1. The molecule has 0 radical (unpaired) electrons. The Hall–Kier alpha value is -0.610. The normalized spacial score (nSPS) is 24.6. The molecule has 0 aromatic rings. The Morgan fingerprint density at radius 1 is 1.73 bits per heavy atom. The monoisotopic (exact) mass is 159 g/mol. The summed E-state index contributed by atoms with van der Waals surface area (Å²) >= 11 is 0. The summed E-state index contributed by atoms with van der Waals surface area (Å²) in [6, 6.07) is 0. The molecule has 1 rings (SSSR count). The van der Waals surface area contributed by atoms with Gasteiger partial charge < -0.3 is 4.74 Å². The highest BCUT2D eigenvalue weighted by molar-refractivity contribution is 5.74. The molecule has 64 valence electrons. The highest BCUT2D eigenvalue weighted by atomic mass is 16.5. The lowest BCUT2D eigenvalue weighted by atomic mass is 9.98. The number of carbonyl (C=O) groups is 1. The first-order valence-electron chi connectivity index (χ1n) is 3.83. The molecule has 1 amide bonds. The smallest absolute Gasteiger partial charge is 0.243 e. The molecule has 1 heterocycles. The lowest BCUT2D eigenvalue weighted by Gasteiger charge is -2.20. The Morgan fingerprint density at radius 2 is 2.55 bits per heavy atom. The number of ether oxygens (including phenoxy) is 1. The summed E-state index contributed by atoms with van der Waals surface area (Å²) in [5, 5.41) is 8.23. The van der Waals surface area contributed by atoms with Crippen LogP contribution in [0, 0.1) is 5.92 Å². The standard InChI is InChI=1S/C7H13NO3/c9-7(8-10)4-6-2-1-3-11-5-6/h6,10H,1-5H2,(H,8,9). The fraction of sp³-hybridized carbons (Fsp3) is 0.857. The fourth-order valence-corrected chi connectivity index (χ4v) is 1.28. The Kier molecular flexibility index (Phi) is 3.32. The van der Waals surface area contributed by atoms with Gasteiger partial charge in [0.05, 0.1) is 0 Å². The van der Waals surface area contributed by atoms with Gasteiger partial charge in [-0.1, -0.05) is 0 Å². The molecule has 2 N–H and O–H groups in total. The molecule has 4 nitrogen and oxygen atoms in total. The minimum atomic E-state index is -0.319. The van der Waals surface area contributed by atoms with E-state index in [0.717, 1.165) is 19.4 Å². The maximum atomic E-state index is 10.7. The lowest BCUT2D eigenvalue weighted by molar-refractivity contribution is -0.131. The van der Waals surface area contributed by atoms with Crippen molar-refractivity contribution >= 4 is 5.91 Å². The summed E-state index contributed by atoms with van der Waals surface area (Å²) in [5.74, 6) is -0.0311. The highest BCUT2D eigenvalue weighted by Crippen LogP contribution is 2.16. The molecular weight excluding hydrogens is 146 g/mol. The minimum Gasteiger partial charge on any atom is -0.381 e. The van der Waals surface area contributed by atoms with Crippen LogP contribution in [0.25, 0.3) is 0 Å². The Morgan fingerprint density at radius 3 is 3.09 bits per heavy atom. The minimum absolute atomic E-state index is 0.288. The first-order chi connectivity index (χ1) is 5.33. The molecule has 0 aliphatic carbocycles. The van der Waals surface area contributed by atoms with E-state index in [0.29, 0.717) is 13.0 Å². The van der Waals surface area contributed by atoms with Gasteiger partial charge in [-0.05, 0) is 18.8 Å². The summed E-state index contributed by atoms with van der Waals surface area (Å²) < 4.78 is 5.17. The quantitative estimate of drug-likeness (QED) is 0.450. The van der Waals surface area contributed by atoms with Crippen molar-refractivity contribution in [3.05, 3.63) is 0 Å². The predicted molar refractivity (Wildman–Crippen MR) is 38.1 cm³/mol. The number of amides is 1. The summed E-state index contributed by atoms with van der Waals surface area (Å²) in [6.07, 6.45) is 2.41. The predicted octanol–water partition coefficient (Wildman–Crippen LogP) is 0.308. The van der Waals surface area contributed by atoms with E-state index in [4.69, 9.17) is 9.94 Å². The van der Waals surface area contributed by atoms with E-state index < -0.39 is 0 Å². The third kappa shape index (κ3) is 2.86. The van der Waals surface area contributed by atoms with Crippen molar-refractivity contribution in [2.45, 2.75) is 19.3 Å². The molecule has 1 aliphatic rings. The van der Waals surface area contributed by atoms with Crippen LogP contribution in [-0.2, 0) is 9.53 Å². The van der Waals surface area contributed by atoms with Crippen LogP contribution in [0.5, 0.6) is 0 Å². The third-order valence-electron chi connectivity index (χ3n) is 1.85. The second kappa shape index (κ2) is 4.31. The average Bonchev–Trinajstić information content (AvgIpc) is 2.06. The molecule has 0 spiro atoms. The molecule has 0 aromatic carbocycles. The SMILES string of the molecule is O=C(CC1CCCOC1)NO. The van der Waals surface area contributed by atoms with Gasteiger partial charge in [-0.3, -0.25) is 10.0 Å². The van der Waals surface area contributed by atoms with Crippen LogP contribution in [-0.4, -0.2) is 24.3 Å². The van der Waals surface area contributed by atoms with E-state index in [1.54, 1.807) is 5.48 Å². The zero-order valence-electron chi connectivity index (χ0n) is 6.38. The van der Waals surface area contributed by atoms with Crippen LogP contribution in [0.2, 0.25) is 0 Å². The Labute approximate surface area is 65.5 Å². The lowest BCUT2D eigenvalue weighted by Crippen LogP contribution is -2.26. The molecule has 1 fully saturated rings. The van der Waals surface area contributed by atoms with Crippen molar-refractivity contribution < 1.29 is 14.7 Å². The molecule has 1 aliphatic heterocycles. The zero-order valence-corrected chi connectivity index (χ0v) is 6.38. The number of rotatable bonds is 2. The van der Waals surface area contributed by atoms with Gasteiger partial charge in [-0.15, -0.1) is 0 Å². The van der Waals surface area contributed by atoms with Crippen LogP contribution in [0.4, 0.5) is 0 Å². The molecule has 4 heteroatoms. The maximum Gasteiger partial charge on any atom is 0.243 e. The van der Waals surface area contributed by atoms with E-state index >= 15 is 0 Å². The number of hydrogen-bond acceptors (Lipinski definition) is 3. The van der Waals surface area contributed by atoms with Crippen LogP contribution < -0.4 is 5.48 Å². The van der Waals surface area contributed by atoms with Gasteiger partial charge in [0.15, 0.2) is 0 Å². The van der Waals surface area contributed by atoms with Gasteiger partial charge in [0, 0.05) is 19.6 Å². The molecular formula is C7H13NO3. The summed E-state index contributed by atoms with van der Waals surface area (Å²) in [6.45, 7) is 1.45. The third-order valence-corrected chi connectivity index (χ3v) is 1.85. The van der Waals surface area contributed by atoms with Crippen molar-refractivity contribution in [2.75, 3.05) is 13.2 Å². The van der Waals surface area contributed by atoms with Crippen molar-refractivity contribution in [3.8, 4) is 0 Å². The van der Waals surface area contributed by atoms with Crippen molar-refractivity contribution in [3.63, 3.8) is 0 Å². The number of hydrogen-bond donors (Lipinski definition) is 2. The molecule has 0 saturated carbocycles. The zero-order chi connectivity index (χ0) is 8.10. The van der Waals surface area contributed by atoms with Gasteiger partial charge in [0.2, 0.25) is 5.91 Å². The van der Waals surface area contributed by atoms with Crippen LogP contribution >= 0.6 is 0 Å². The van der Waals surface area contributed by atoms with Crippen molar-refractivity contribution in [2.24, 2.45) is 5.92 Å². The molecule has 11 heavy (non-hydrogen) atoms. The Bertz CT molecular complexity index is 132. The second-order valence-electron chi connectivity index (χ2n) is 2.82. The van der Waals surface area contributed by atoms with Gasteiger partial charge in [-0.25, -0.2) is 5.48 Å². The maximum absolute atomic E-state index is 10.7. The van der Waals surface area contributed by atoms with Gasteiger partial charge >= 0.3 is 0 Å². The number of carbonyl (C=O) groups excluding carboxylic acids is 1. The van der Waals surface area contributed by atoms with Crippen molar-refractivity contribution in [1.82, 2.24) is 5.48 Å². The van der Waals surface area contributed by atoms with E-state index in [-0.39, 0.29) is 11.8 Å². The molecule has 1 unspecified atom stereocenters. The number of hydroxylamine groups is 1. The molecule has 0 aromatic heterocycles. The van der Waals surface area contributed by atoms with E-state index in [2.05, 4.69) is 0 Å². The van der Waals surface area contributed by atoms with Crippen LogP contribution in [0.1, 0.15) is 19.3 Å². The molecule has 0 bridgehead atoms. The summed E-state index contributed by atoms with van der Waals surface area (Å²) in [7, 11) is 0. The van der Waals surface area contributed by atoms with Crippen molar-refractivity contribution in [1.29, 1.82) is 0 Å². The molecule has 1 saturated heterocycles. The van der Waals surface area contributed by atoms with Gasteiger partial charge in [0.1, 0.15) is 0 Å². The fourth-order valence-electron chi connectivity index (χ4n) is 1.28. The van der Waals surface area contributed by atoms with Gasteiger partial charge in [0.25, 0.3) is 0 Å². The Balaban J connectivity index is 2.19. The van der Waals surface area contributed by atoms with E-state index in [1.807, 2.05) is 0 Å². The first kappa shape index (κ1) is 8.49. The summed E-state index contributed by atoms with van der Waals surface area (Å²) in [4.78, 5) is 10.7. The summed E-state index contributed by atoms with van der Waals surface area (Å²) in [5.41, 5.74) is 1.62. The van der Waals surface area contributed by atoms with Crippen LogP contribution in [0.15, 0.2) is 0 Å². The second-order valence-corrected chi connectivity index (χ2v) is 2.82. The van der Waals surface area contributed by atoms with Gasteiger partial charge in [-0.2, -0.15) is 0 Å². The average molecular weight is 159 g/mol. The van der Waals surface area contributed by atoms with E-state index in [1.165, 1.54) is 0 Å². The largest absolute Gasteiger partial charge is 0.381 e. The first-order valence-corrected chi connectivity index (χ1v) is 3.83. The van der Waals surface area contributed by atoms with Crippen LogP contribution in [0.3, 0.4) is 0 Å². The topological polar surface area (TPSA) is 58.6 Å². The highest BCUT2D eigenvalue weighted by Gasteiger charge is 2.16.